The summed E-state index contributed by atoms with van der Waals surface area (Å²) < 4.78 is 0. The van der Waals surface area contributed by atoms with Crippen molar-refractivity contribution in [1.29, 1.82) is 0 Å². The lowest BCUT2D eigenvalue weighted by Crippen LogP contribution is -2.09. The second-order valence-corrected chi connectivity index (χ2v) is 1.48. The number of rotatable bonds is 3. The molecule has 0 bridgehead atoms. The van der Waals surface area contributed by atoms with Crippen molar-refractivity contribution in [2.24, 2.45) is 5.73 Å². The molecule has 0 fully saturated rings. The van der Waals surface area contributed by atoms with Crippen LogP contribution >= 0.6 is 0 Å². The molecule has 3 N–H and O–H groups in total. The molecule has 0 atom stereocenters. The molecule has 0 heterocycles. The van der Waals surface area contributed by atoms with Crippen LogP contribution in [-0.4, -0.2) is 19.6 Å². The molecule has 0 radical (unpaired) electrons. The first-order valence-corrected chi connectivity index (χ1v) is 3.35. The van der Waals surface area contributed by atoms with Crippen molar-refractivity contribution in [1.82, 2.24) is 5.32 Å². The first kappa shape index (κ1) is 11.5. The molecule has 0 spiro atoms. The highest BCUT2D eigenvalue weighted by atomic mass is 14.8. The van der Waals surface area contributed by atoms with E-state index in [0.717, 1.165) is 13.1 Å². The van der Waals surface area contributed by atoms with Crippen molar-refractivity contribution < 1.29 is 0 Å². The molecule has 2 nitrogen and oxygen atoms in total. The first-order valence-electron chi connectivity index (χ1n) is 3.35. The number of nitrogens with two attached hydrogens (primary N) is 1. The minimum atomic E-state index is 0.583. The Kier molecular flexibility index (Phi) is 19.9. The molecule has 56 valence electrons. The number of nitrogens with one attached hydrogen (secondary N) is 1. The Labute approximate surface area is 58.1 Å². The average molecular weight is 130 g/mol. The summed E-state index contributed by atoms with van der Waals surface area (Å²) in [6, 6.07) is 0. The van der Waals surface area contributed by atoms with E-state index < -0.39 is 0 Å². The summed E-state index contributed by atoms with van der Waals surface area (Å²) in [6.45, 7) is 10.3. The van der Waals surface area contributed by atoms with E-state index in [2.05, 4.69) is 25.7 Å². The zero-order valence-electron chi connectivity index (χ0n) is 6.48. The molecule has 0 aliphatic heterocycles. The third-order valence-electron chi connectivity index (χ3n) is 0.667. The van der Waals surface area contributed by atoms with E-state index in [-0.39, 0.29) is 0 Å². The van der Waals surface area contributed by atoms with E-state index in [9.17, 15) is 0 Å². The van der Waals surface area contributed by atoms with Gasteiger partial charge in [-0.05, 0) is 13.1 Å². The maximum absolute atomic E-state index is 4.91. The van der Waals surface area contributed by atoms with Gasteiger partial charge >= 0.3 is 0 Å². The monoisotopic (exact) mass is 130 g/mol. The molecular formula is C7H18N2. The Morgan fingerprint density at radius 3 is 1.78 bits per heavy atom. The summed E-state index contributed by atoms with van der Waals surface area (Å²) in [6.07, 6.45) is 1.65. The van der Waals surface area contributed by atoms with E-state index in [0.29, 0.717) is 6.54 Å². The molecule has 0 saturated heterocycles. The fourth-order valence-corrected chi connectivity index (χ4v) is 0.250. The molecule has 0 unspecified atom stereocenters. The predicted octanol–water partition coefficient (Wildman–Crippen LogP) is 0.747. The Hall–Kier alpha value is -0.340. The smallest absolute Gasteiger partial charge is 0.0104 e. The standard InChI is InChI=1S/C4H11N.C3H7N/c1-3-5-4-2;1-2-3-4/h5H,3-4H2,1-2H3;2H,1,3-4H2. The fourth-order valence-electron chi connectivity index (χ4n) is 0.250. The van der Waals surface area contributed by atoms with Crippen LogP contribution in [0.3, 0.4) is 0 Å². The zero-order chi connectivity index (χ0) is 7.54. The van der Waals surface area contributed by atoms with Gasteiger partial charge in [0.05, 0.1) is 0 Å². The molecular weight excluding hydrogens is 112 g/mol. The van der Waals surface area contributed by atoms with Gasteiger partial charge in [-0.25, -0.2) is 0 Å². The van der Waals surface area contributed by atoms with E-state index in [1.807, 2.05) is 0 Å². The van der Waals surface area contributed by atoms with Gasteiger partial charge in [-0.2, -0.15) is 0 Å². The maximum atomic E-state index is 4.91. The highest BCUT2D eigenvalue weighted by Crippen LogP contribution is 1.47. The molecule has 0 aliphatic carbocycles. The van der Waals surface area contributed by atoms with Gasteiger partial charge in [0.2, 0.25) is 0 Å². The quantitative estimate of drug-likeness (QED) is 0.553. The second kappa shape index (κ2) is 15.6. The number of hydrogen-bond donors (Lipinski definition) is 2. The highest BCUT2D eigenvalue weighted by molar-refractivity contribution is 4.64. The van der Waals surface area contributed by atoms with Gasteiger partial charge in [0.1, 0.15) is 0 Å². The molecule has 0 aliphatic rings. The normalized spacial score (nSPS) is 7.44. The average Bonchev–Trinajstić information content (AvgIpc) is 1.91. The summed E-state index contributed by atoms with van der Waals surface area (Å²) in [4.78, 5) is 0. The summed E-state index contributed by atoms with van der Waals surface area (Å²) in [7, 11) is 0. The molecule has 9 heavy (non-hydrogen) atoms. The zero-order valence-corrected chi connectivity index (χ0v) is 6.48. The molecule has 0 aromatic heterocycles. The molecule has 0 aromatic carbocycles. The fraction of sp³-hybridized carbons (Fsp3) is 0.714. The Morgan fingerprint density at radius 1 is 1.44 bits per heavy atom. The van der Waals surface area contributed by atoms with Crippen LogP contribution in [0.25, 0.3) is 0 Å². The Bertz CT molecular complexity index is 42.2. The van der Waals surface area contributed by atoms with Gasteiger partial charge in [0.15, 0.2) is 0 Å². The highest BCUT2D eigenvalue weighted by Gasteiger charge is 1.62. The minimum absolute atomic E-state index is 0.583. The lowest BCUT2D eigenvalue weighted by Gasteiger charge is -1.86. The predicted molar refractivity (Wildman–Crippen MR) is 43.5 cm³/mol. The van der Waals surface area contributed by atoms with Crippen LogP contribution in [0.1, 0.15) is 13.8 Å². The second-order valence-electron chi connectivity index (χ2n) is 1.48. The summed E-state index contributed by atoms with van der Waals surface area (Å²) in [5.41, 5.74) is 4.91. The van der Waals surface area contributed by atoms with Crippen molar-refractivity contribution in [3.05, 3.63) is 12.7 Å². The van der Waals surface area contributed by atoms with Crippen molar-refractivity contribution in [3.8, 4) is 0 Å². The summed E-state index contributed by atoms with van der Waals surface area (Å²) in [5, 5.41) is 3.11. The van der Waals surface area contributed by atoms with Crippen LogP contribution in [0.4, 0.5) is 0 Å². The van der Waals surface area contributed by atoms with Gasteiger partial charge in [-0.1, -0.05) is 19.9 Å². The van der Waals surface area contributed by atoms with Crippen LogP contribution in [0.2, 0.25) is 0 Å². The number of hydrogen-bond acceptors (Lipinski definition) is 2. The Balaban J connectivity index is 0. The van der Waals surface area contributed by atoms with Crippen molar-refractivity contribution in [2.75, 3.05) is 19.6 Å². The third-order valence-corrected chi connectivity index (χ3v) is 0.667. The Morgan fingerprint density at radius 2 is 1.78 bits per heavy atom. The van der Waals surface area contributed by atoms with Crippen molar-refractivity contribution >= 4 is 0 Å². The van der Waals surface area contributed by atoms with Gasteiger partial charge in [-0.3, -0.25) is 0 Å². The van der Waals surface area contributed by atoms with E-state index in [4.69, 9.17) is 5.73 Å². The van der Waals surface area contributed by atoms with Crippen LogP contribution in [-0.2, 0) is 0 Å². The minimum Gasteiger partial charge on any atom is -0.327 e. The van der Waals surface area contributed by atoms with E-state index in [1.54, 1.807) is 6.08 Å². The van der Waals surface area contributed by atoms with Crippen molar-refractivity contribution in [2.45, 2.75) is 13.8 Å². The lowest BCUT2D eigenvalue weighted by atomic mass is 10.7. The topological polar surface area (TPSA) is 38.0 Å². The SMILES string of the molecule is C=CCN.CCNCC. The van der Waals surface area contributed by atoms with Crippen LogP contribution in [0.5, 0.6) is 0 Å². The van der Waals surface area contributed by atoms with Crippen LogP contribution in [0.15, 0.2) is 12.7 Å². The molecule has 2 heteroatoms. The van der Waals surface area contributed by atoms with Crippen LogP contribution in [0, 0.1) is 0 Å². The van der Waals surface area contributed by atoms with Crippen LogP contribution < -0.4 is 11.1 Å². The molecule has 0 rings (SSSR count). The third kappa shape index (κ3) is 34.7. The maximum Gasteiger partial charge on any atom is 0.0104 e. The van der Waals surface area contributed by atoms with Gasteiger partial charge in [0.25, 0.3) is 0 Å². The molecule has 0 saturated carbocycles. The molecule has 0 aromatic rings. The van der Waals surface area contributed by atoms with E-state index >= 15 is 0 Å². The molecule has 0 amide bonds. The lowest BCUT2D eigenvalue weighted by molar-refractivity contribution is 0.762. The van der Waals surface area contributed by atoms with E-state index in [1.165, 1.54) is 0 Å². The van der Waals surface area contributed by atoms with Gasteiger partial charge in [0, 0.05) is 6.54 Å². The van der Waals surface area contributed by atoms with Gasteiger partial charge < -0.3 is 11.1 Å². The van der Waals surface area contributed by atoms with Crippen molar-refractivity contribution in [3.63, 3.8) is 0 Å². The summed E-state index contributed by atoms with van der Waals surface area (Å²) >= 11 is 0. The summed E-state index contributed by atoms with van der Waals surface area (Å²) in [5.74, 6) is 0. The largest absolute Gasteiger partial charge is 0.327 e. The first-order chi connectivity index (χ1) is 4.33. The van der Waals surface area contributed by atoms with Gasteiger partial charge in [-0.15, -0.1) is 6.58 Å².